The van der Waals surface area contributed by atoms with Crippen LogP contribution in [0.15, 0.2) is 83.8 Å². The molecule has 0 aromatic heterocycles. The second-order valence-corrected chi connectivity index (χ2v) is 9.25. The van der Waals surface area contributed by atoms with Crippen LogP contribution in [0.5, 0.6) is 17.2 Å². The molecule has 29 heavy (non-hydrogen) atoms. The molecule has 6 heteroatoms. The number of nitrogens with zero attached hydrogens (tertiary/aromatic N) is 1. The standard InChI is InChI=1S/C23H23NO4S/c1-29(25,26)23-13-11-21(12-14-23)28-22-16-24(17-22)15-18-7-9-20(10-8-18)27-19-5-3-2-4-6-19/h2-14,22H,15-17H2,1H3. The Kier molecular flexibility index (Phi) is 5.56. The molecule has 0 saturated carbocycles. The average molecular weight is 410 g/mol. The Morgan fingerprint density at radius 2 is 1.41 bits per heavy atom. The summed E-state index contributed by atoms with van der Waals surface area (Å²) in [5.74, 6) is 2.35. The van der Waals surface area contributed by atoms with E-state index in [4.69, 9.17) is 9.47 Å². The average Bonchev–Trinajstić information content (AvgIpc) is 2.68. The number of sulfone groups is 1. The summed E-state index contributed by atoms with van der Waals surface area (Å²) in [5, 5.41) is 0. The SMILES string of the molecule is CS(=O)(=O)c1ccc(OC2CN(Cc3ccc(Oc4ccccc4)cc3)C2)cc1. The van der Waals surface area contributed by atoms with E-state index in [1.807, 2.05) is 42.5 Å². The molecule has 0 radical (unpaired) electrons. The van der Waals surface area contributed by atoms with Crippen molar-refractivity contribution < 1.29 is 17.9 Å². The van der Waals surface area contributed by atoms with E-state index in [2.05, 4.69) is 17.0 Å². The van der Waals surface area contributed by atoms with Gasteiger partial charge in [-0.25, -0.2) is 8.42 Å². The van der Waals surface area contributed by atoms with Crippen LogP contribution in [0.1, 0.15) is 5.56 Å². The maximum atomic E-state index is 11.5. The molecule has 1 aliphatic heterocycles. The van der Waals surface area contributed by atoms with Crippen molar-refractivity contribution >= 4 is 9.84 Å². The van der Waals surface area contributed by atoms with Crippen molar-refractivity contribution in [3.8, 4) is 17.2 Å². The lowest BCUT2D eigenvalue weighted by Crippen LogP contribution is -2.53. The van der Waals surface area contributed by atoms with E-state index in [9.17, 15) is 8.42 Å². The highest BCUT2D eigenvalue weighted by Gasteiger charge is 2.28. The highest BCUT2D eigenvalue weighted by atomic mass is 32.2. The second-order valence-electron chi connectivity index (χ2n) is 7.24. The van der Waals surface area contributed by atoms with Gasteiger partial charge in [0.1, 0.15) is 23.4 Å². The van der Waals surface area contributed by atoms with Crippen LogP contribution in [0.2, 0.25) is 0 Å². The lowest BCUT2D eigenvalue weighted by molar-refractivity contribution is 0.0145. The number of rotatable bonds is 7. The Morgan fingerprint density at radius 3 is 2.03 bits per heavy atom. The van der Waals surface area contributed by atoms with Crippen LogP contribution in [0.25, 0.3) is 0 Å². The van der Waals surface area contributed by atoms with Gasteiger partial charge in [-0.3, -0.25) is 4.90 Å². The van der Waals surface area contributed by atoms with E-state index in [1.54, 1.807) is 24.3 Å². The van der Waals surface area contributed by atoms with Gasteiger partial charge in [-0.1, -0.05) is 30.3 Å². The summed E-state index contributed by atoms with van der Waals surface area (Å²) in [7, 11) is -3.18. The van der Waals surface area contributed by atoms with Crippen LogP contribution < -0.4 is 9.47 Å². The fourth-order valence-corrected chi connectivity index (χ4v) is 3.86. The van der Waals surface area contributed by atoms with Gasteiger partial charge in [-0.2, -0.15) is 0 Å². The number of hydrogen-bond donors (Lipinski definition) is 0. The molecule has 0 N–H and O–H groups in total. The first kappa shape index (κ1) is 19.5. The fourth-order valence-electron chi connectivity index (χ4n) is 3.23. The number of likely N-dealkylation sites (tertiary alicyclic amines) is 1. The van der Waals surface area contributed by atoms with Crippen LogP contribution in [0.4, 0.5) is 0 Å². The normalized spacial score (nSPS) is 14.9. The van der Waals surface area contributed by atoms with E-state index >= 15 is 0 Å². The summed E-state index contributed by atoms with van der Waals surface area (Å²) in [6.45, 7) is 2.55. The van der Waals surface area contributed by atoms with E-state index in [-0.39, 0.29) is 6.10 Å². The minimum Gasteiger partial charge on any atom is -0.488 e. The van der Waals surface area contributed by atoms with E-state index in [0.29, 0.717) is 10.6 Å². The van der Waals surface area contributed by atoms with Crippen LogP contribution in [-0.2, 0) is 16.4 Å². The van der Waals surface area contributed by atoms with E-state index < -0.39 is 9.84 Å². The molecule has 1 aliphatic rings. The van der Waals surface area contributed by atoms with Crippen molar-refractivity contribution in [2.24, 2.45) is 0 Å². The third kappa shape index (κ3) is 5.16. The quantitative estimate of drug-likeness (QED) is 0.587. The first-order chi connectivity index (χ1) is 14.0. The first-order valence-corrected chi connectivity index (χ1v) is 11.4. The topological polar surface area (TPSA) is 55.8 Å². The minimum atomic E-state index is -3.18. The zero-order valence-electron chi connectivity index (χ0n) is 16.2. The van der Waals surface area contributed by atoms with Crippen molar-refractivity contribution in [3.05, 3.63) is 84.4 Å². The van der Waals surface area contributed by atoms with Gasteiger partial charge >= 0.3 is 0 Å². The summed E-state index contributed by atoms with van der Waals surface area (Å²) in [5.41, 5.74) is 1.22. The van der Waals surface area contributed by atoms with Crippen LogP contribution >= 0.6 is 0 Å². The lowest BCUT2D eigenvalue weighted by Gasteiger charge is -2.39. The molecule has 0 atom stereocenters. The Morgan fingerprint density at radius 1 is 0.828 bits per heavy atom. The molecule has 5 nitrogen and oxygen atoms in total. The minimum absolute atomic E-state index is 0.125. The molecule has 3 aromatic rings. The third-order valence-corrected chi connectivity index (χ3v) is 5.92. The molecule has 0 bridgehead atoms. The summed E-state index contributed by atoms with van der Waals surface area (Å²) in [6, 6.07) is 24.5. The van der Waals surface area contributed by atoms with Crippen molar-refractivity contribution in [1.82, 2.24) is 4.90 Å². The molecular weight excluding hydrogens is 386 g/mol. The number of benzene rings is 3. The van der Waals surface area contributed by atoms with Gasteiger partial charge in [0.05, 0.1) is 4.90 Å². The molecule has 0 amide bonds. The maximum absolute atomic E-state index is 11.5. The van der Waals surface area contributed by atoms with Gasteiger partial charge in [0.2, 0.25) is 0 Å². The molecule has 4 rings (SSSR count). The smallest absolute Gasteiger partial charge is 0.175 e. The molecule has 1 fully saturated rings. The van der Waals surface area contributed by atoms with Crippen LogP contribution in [0, 0.1) is 0 Å². The number of ether oxygens (including phenoxy) is 2. The molecule has 1 saturated heterocycles. The van der Waals surface area contributed by atoms with Gasteiger partial charge in [0.15, 0.2) is 9.84 Å². The Balaban J connectivity index is 1.24. The summed E-state index contributed by atoms with van der Waals surface area (Å²) < 4.78 is 34.8. The van der Waals surface area contributed by atoms with Crippen molar-refractivity contribution in [2.45, 2.75) is 17.5 Å². The van der Waals surface area contributed by atoms with Crippen LogP contribution in [-0.4, -0.2) is 38.8 Å². The monoisotopic (exact) mass is 409 g/mol. The zero-order chi connectivity index (χ0) is 20.3. The lowest BCUT2D eigenvalue weighted by atomic mass is 10.1. The number of para-hydroxylation sites is 1. The molecule has 0 aliphatic carbocycles. The van der Waals surface area contributed by atoms with Crippen molar-refractivity contribution in [3.63, 3.8) is 0 Å². The van der Waals surface area contributed by atoms with Gasteiger partial charge in [-0.15, -0.1) is 0 Å². The molecule has 1 heterocycles. The molecule has 0 spiro atoms. The molecule has 3 aromatic carbocycles. The third-order valence-electron chi connectivity index (χ3n) is 4.79. The van der Waals surface area contributed by atoms with Crippen LogP contribution in [0.3, 0.4) is 0 Å². The summed E-state index contributed by atoms with van der Waals surface area (Å²) in [6.07, 6.45) is 1.33. The Bertz CT molecular complexity index is 1040. The van der Waals surface area contributed by atoms with E-state index in [1.165, 1.54) is 11.8 Å². The second kappa shape index (κ2) is 8.27. The molecule has 150 valence electrons. The van der Waals surface area contributed by atoms with Gasteiger partial charge < -0.3 is 9.47 Å². The van der Waals surface area contributed by atoms with Gasteiger partial charge in [-0.05, 0) is 54.1 Å². The van der Waals surface area contributed by atoms with E-state index in [0.717, 1.165) is 31.1 Å². The first-order valence-electron chi connectivity index (χ1n) is 9.47. The van der Waals surface area contributed by atoms with Crippen molar-refractivity contribution in [1.29, 1.82) is 0 Å². The fraction of sp³-hybridized carbons (Fsp3) is 0.217. The predicted molar refractivity (Wildman–Crippen MR) is 112 cm³/mol. The molecular formula is C23H23NO4S. The summed E-state index contributed by atoms with van der Waals surface area (Å²) >= 11 is 0. The Hall–Kier alpha value is -2.83. The highest BCUT2D eigenvalue weighted by molar-refractivity contribution is 7.90. The van der Waals surface area contributed by atoms with Gasteiger partial charge in [0.25, 0.3) is 0 Å². The number of hydrogen-bond acceptors (Lipinski definition) is 5. The predicted octanol–water partition coefficient (Wildman–Crippen LogP) is 4.15. The molecule has 0 unspecified atom stereocenters. The summed E-state index contributed by atoms with van der Waals surface area (Å²) in [4.78, 5) is 2.61. The highest BCUT2D eigenvalue weighted by Crippen LogP contribution is 2.24. The van der Waals surface area contributed by atoms with Gasteiger partial charge in [0, 0.05) is 25.9 Å². The Labute approximate surface area is 171 Å². The largest absolute Gasteiger partial charge is 0.488 e. The maximum Gasteiger partial charge on any atom is 0.175 e. The zero-order valence-corrected chi connectivity index (χ0v) is 17.0. The van der Waals surface area contributed by atoms with Crippen molar-refractivity contribution in [2.75, 3.05) is 19.3 Å².